The highest BCUT2D eigenvalue weighted by atomic mass is 32.2. The van der Waals surface area contributed by atoms with Gasteiger partial charge in [0.05, 0.1) is 18.9 Å². The van der Waals surface area contributed by atoms with E-state index in [2.05, 4.69) is 58.6 Å². The number of H-pyrrole nitrogens is 1. The molecule has 0 aliphatic heterocycles. The van der Waals surface area contributed by atoms with E-state index in [1.54, 1.807) is 7.11 Å². The summed E-state index contributed by atoms with van der Waals surface area (Å²) in [7, 11) is 1.63. The van der Waals surface area contributed by atoms with Crippen molar-refractivity contribution in [1.82, 2.24) is 20.5 Å². The molecule has 7 heteroatoms. The van der Waals surface area contributed by atoms with Crippen LogP contribution in [0.4, 0.5) is 0 Å². The molecule has 0 radical (unpaired) electrons. The molecular formula is C21H24N4O2S. The fourth-order valence-electron chi connectivity index (χ4n) is 2.77. The van der Waals surface area contributed by atoms with Crippen molar-refractivity contribution in [2.24, 2.45) is 0 Å². The largest absolute Gasteiger partial charge is 0.497 e. The van der Waals surface area contributed by atoms with Gasteiger partial charge in [0.15, 0.2) is 5.82 Å². The Kier molecular flexibility index (Phi) is 6.71. The van der Waals surface area contributed by atoms with Crippen molar-refractivity contribution in [3.63, 3.8) is 0 Å². The van der Waals surface area contributed by atoms with Crippen molar-refractivity contribution in [3.05, 3.63) is 59.7 Å². The van der Waals surface area contributed by atoms with Crippen LogP contribution < -0.4 is 10.1 Å². The lowest BCUT2D eigenvalue weighted by Gasteiger charge is -2.17. The summed E-state index contributed by atoms with van der Waals surface area (Å²) in [6, 6.07) is 15.8. The smallest absolute Gasteiger partial charge is 0.230 e. The number of ether oxygens (including phenoxy) is 1. The SMILES string of the molecule is CCC(NC(=O)CSc1n[nH]c(-c2ccc(OC)cc2)n1)c1ccc(C)cc1. The van der Waals surface area contributed by atoms with Gasteiger partial charge in [-0.15, -0.1) is 5.10 Å². The van der Waals surface area contributed by atoms with Gasteiger partial charge in [0.25, 0.3) is 0 Å². The fraction of sp³-hybridized carbons (Fsp3) is 0.286. The van der Waals surface area contributed by atoms with E-state index in [1.165, 1.54) is 17.3 Å². The lowest BCUT2D eigenvalue weighted by molar-refractivity contribution is -0.119. The Labute approximate surface area is 169 Å². The number of hydrogen-bond donors (Lipinski definition) is 2. The average molecular weight is 397 g/mol. The minimum atomic E-state index is -0.0341. The number of rotatable bonds is 8. The normalized spacial score (nSPS) is 11.8. The number of aromatic amines is 1. The third-order valence-corrected chi connectivity index (χ3v) is 5.23. The molecule has 0 fully saturated rings. The minimum absolute atomic E-state index is 0.00991. The first kappa shape index (κ1) is 19.9. The molecule has 1 atom stereocenters. The molecule has 146 valence electrons. The van der Waals surface area contributed by atoms with Gasteiger partial charge in [-0.1, -0.05) is 48.5 Å². The van der Waals surface area contributed by atoms with E-state index >= 15 is 0 Å². The van der Waals surface area contributed by atoms with Crippen LogP contribution in [0.5, 0.6) is 5.75 Å². The molecule has 0 saturated heterocycles. The third kappa shape index (κ3) is 5.13. The van der Waals surface area contributed by atoms with Gasteiger partial charge in [0.2, 0.25) is 11.1 Å². The van der Waals surface area contributed by atoms with Gasteiger partial charge in [0.1, 0.15) is 5.75 Å². The number of amides is 1. The van der Waals surface area contributed by atoms with Crippen LogP contribution in [0.2, 0.25) is 0 Å². The number of hydrogen-bond acceptors (Lipinski definition) is 5. The third-order valence-electron chi connectivity index (χ3n) is 4.38. The molecule has 0 aliphatic rings. The van der Waals surface area contributed by atoms with Gasteiger partial charge < -0.3 is 10.1 Å². The number of carbonyl (C=O) groups excluding carboxylic acids is 1. The maximum absolute atomic E-state index is 12.4. The van der Waals surface area contributed by atoms with Gasteiger partial charge in [-0.3, -0.25) is 9.89 Å². The Bertz CT molecular complexity index is 907. The van der Waals surface area contributed by atoms with E-state index in [-0.39, 0.29) is 17.7 Å². The molecule has 1 unspecified atom stereocenters. The molecule has 28 heavy (non-hydrogen) atoms. The Balaban J connectivity index is 1.55. The number of aryl methyl sites for hydroxylation is 1. The molecular weight excluding hydrogens is 372 g/mol. The van der Waals surface area contributed by atoms with Gasteiger partial charge in [0, 0.05) is 5.56 Å². The Morgan fingerprint density at radius 3 is 2.54 bits per heavy atom. The second-order valence-corrected chi connectivity index (χ2v) is 7.37. The molecule has 1 heterocycles. The zero-order chi connectivity index (χ0) is 19.9. The molecule has 0 aliphatic carbocycles. The summed E-state index contributed by atoms with van der Waals surface area (Å²) in [4.78, 5) is 16.8. The molecule has 6 nitrogen and oxygen atoms in total. The van der Waals surface area contributed by atoms with E-state index in [1.807, 2.05) is 24.3 Å². The summed E-state index contributed by atoms with van der Waals surface area (Å²) < 4.78 is 5.16. The maximum Gasteiger partial charge on any atom is 0.230 e. The highest BCUT2D eigenvalue weighted by Gasteiger charge is 2.14. The van der Waals surface area contributed by atoms with Crippen LogP contribution >= 0.6 is 11.8 Å². The Hall–Kier alpha value is -2.80. The Morgan fingerprint density at radius 2 is 1.89 bits per heavy atom. The van der Waals surface area contributed by atoms with Crippen molar-refractivity contribution in [3.8, 4) is 17.1 Å². The highest BCUT2D eigenvalue weighted by molar-refractivity contribution is 7.99. The quantitative estimate of drug-likeness (QED) is 0.559. The van der Waals surface area contributed by atoms with E-state index in [9.17, 15) is 4.79 Å². The number of nitrogens with one attached hydrogen (secondary N) is 2. The molecule has 1 amide bonds. The summed E-state index contributed by atoms with van der Waals surface area (Å²) in [5, 5.41) is 10.7. The molecule has 0 bridgehead atoms. The van der Waals surface area contributed by atoms with Crippen molar-refractivity contribution in [1.29, 1.82) is 0 Å². The minimum Gasteiger partial charge on any atom is -0.497 e. The van der Waals surface area contributed by atoms with Gasteiger partial charge in [-0.2, -0.15) is 0 Å². The van der Waals surface area contributed by atoms with Gasteiger partial charge >= 0.3 is 0 Å². The van der Waals surface area contributed by atoms with E-state index in [0.29, 0.717) is 11.0 Å². The highest BCUT2D eigenvalue weighted by Crippen LogP contribution is 2.22. The van der Waals surface area contributed by atoms with Crippen molar-refractivity contribution in [2.75, 3.05) is 12.9 Å². The zero-order valence-corrected chi connectivity index (χ0v) is 17.0. The van der Waals surface area contributed by atoms with Crippen LogP contribution in [0, 0.1) is 6.92 Å². The monoisotopic (exact) mass is 396 g/mol. The summed E-state index contributed by atoms with van der Waals surface area (Å²) >= 11 is 1.31. The summed E-state index contributed by atoms with van der Waals surface area (Å²) in [5.41, 5.74) is 3.24. The van der Waals surface area contributed by atoms with Crippen LogP contribution in [0.3, 0.4) is 0 Å². The average Bonchev–Trinajstić information content (AvgIpc) is 3.20. The van der Waals surface area contributed by atoms with Gasteiger partial charge in [-0.05, 0) is 43.2 Å². The zero-order valence-electron chi connectivity index (χ0n) is 16.2. The topological polar surface area (TPSA) is 79.9 Å². The molecule has 3 rings (SSSR count). The first-order valence-corrected chi connectivity index (χ1v) is 10.1. The summed E-state index contributed by atoms with van der Waals surface area (Å²) in [6.07, 6.45) is 0.835. The molecule has 1 aromatic heterocycles. The molecule has 2 N–H and O–H groups in total. The van der Waals surface area contributed by atoms with Crippen LogP contribution in [0.15, 0.2) is 53.7 Å². The summed E-state index contributed by atoms with van der Waals surface area (Å²) in [6.45, 7) is 4.12. The Morgan fingerprint density at radius 1 is 1.18 bits per heavy atom. The van der Waals surface area contributed by atoms with E-state index in [0.717, 1.165) is 23.3 Å². The predicted octanol–water partition coefficient (Wildman–Crippen LogP) is 4.15. The van der Waals surface area contributed by atoms with Crippen molar-refractivity contribution < 1.29 is 9.53 Å². The lowest BCUT2D eigenvalue weighted by atomic mass is 10.0. The van der Waals surface area contributed by atoms with Crippen LogP contribution in [0.1, 0.15) is 30.5 Å². The van der Waals surface area contributed by atoms with Crippen LogP contribution in [0.25, 0.3) is 11.4 Å². The summed E-state index contributed by atoms with van der Waals surface area (Å²) in [5.74, 6) is 1.68. The lowest BCUT2D eigenvalue weighted by Crippen LogP contribution is -2.29. The molecule has 3 aromatic rings. The number of benzene rings is 2. The fourth-order valence-corrected chi connectivity index (χ4v) is 3.38. The second-order valence-electron chi connectivity index (χ2n) is 6.42. The first-order valence-electron chi connectivity index (χ1n) is 9.14. The number of thioether (sulfide) groups is 1. The predicted molar refractivity (Wildman–Crippen MR) is 111 cm³/mol. The second kappa shape index (κ2) is 9.41. The van der Waals surface area contributed by atoms with Crippen molar-refractivity contribution in [2.45, 2.75) is 31.5 Å². The molecule has 2 aromatic carbocycles. The molecule has 0 spiro atoms. The number of carbonyl (C=O) groups is 1. The number of aromatic nitrogens is 3. The van der Waals surface area contributed by atoms with Crippen molar-refractivity contribution >= 4 is 17.7 Å². The molecule has 0 saturated carbocycles. The standard InChI is InChI=1S/C21H24N4O2S/c1-4-18(15-7-5-14(2)6-8-15)22-19(26)13-28-21-23-20(24-25-21)16-9-11-17(27-3)12-10-16/h5-12,18H,4,13H2,1-3H3,(H,22,26)(H,23,24,25). The van der Waals surface area contributed by atoms with Crippen LogP contribution in [-0.2, 0) is 4.79 Å². The maximum atomic E-state index is 12.4. The van der Waals surface area contributed by atoms with Crippen LogP contribution in [-0.4, -0.2) is 34.0 Å². The first-order chi connectivity index (χ1) is 13.6. The number of nitrogens with zero attached hydrogens (tertiary/aromatic N) is 2. The number of methoxy groups -OCH3 is 1. The van der Waals surface area contributed by atoms with Gasteiger partial charge in [-0.25, -0.2) is 4.98 Å². The van der Waals surface area contributed by atoms with E-state index in [4.69, 9.17) is 4.74 Å². The van der Waals surface area contributed by atoms with E-state index < -0.39 is 0 Å².